The molecule has 48 heavy (non-hydrogen) atoms. The summed E-state index contributed by atoms with van der Waals surface area (Å²) in [5.41, 5.74) is 3.47. The van der Waals surface area contributed by atoms with Crippen molar-refractivity contribution >= 4 is 46.8 Å². The van der Waals surface area contributed by atoms with Crippen LogP contribution >= 0.6 is 11.6 Å². The lowest BCUT2D eigenvalue weighted by atomic mass is 9.89. The minimum absolute atomic E-state index is 0.00324. The van der Waals surface area contributed by atoms with Crippen molar-refractivity contribution in [2.75, 3.05) is 43.9 Å². The van der Waals surface area contributed by atoms with Gasteiger partial charge < -0.3 is 25.1 Å². The Kier molecular flexibility index (Phi) is 9.51. The van der Waals surface area contributed by atoms with Crippen LogP contribution in [0.25, 0.3) is 11.8 Å². The Morgan fingerprint density at radius 2 is 1.77 bits per heavy atom. The van der Waals surface area contributed by atoms with Crippen molar-refractivity contribution in [2.45, 2.75) is 31.3 Å². The average Bonchev–Trinajstić information content (AvgIpc) is 3.63. The number of piperidine rings is 1. The van der Waals surface area contributed by atoms with E-state index in [1.165, 1.54) is 64.5 Å². The molecule has 1 fully saturated rings. The summed E-state index contributed by atoms with van der Waals surface area (Å²) >= 11 is 6.08. The number of benzene rings is 3. The number of hydrogen-bond donors (Lipinski definition) is 2. The highest BCUT2D eigenvalue weighted by molar-refractivity contribution is 6.31. The van der Waals surface area contributed by atoms with E-state index in [2.05, 4.69) is 50.8 Å². The number of fused-ring (bicyclic) bond motifs is 1. The summed E-state index contributed by atoms with van der Waals surface area (Å²) < 4.78 is 16.5. The minimum atomic E-state index is -1.08. The number of tetrazole rings is 1. The van der Waals surface area contributed by atoms with E-state index in [0.717, 1.165) is 37.2 Å². The predicted molar refractivity (Wildman–Crippen MR) is 179 cm³/mol. The summed E-state index contributed by atoms with van der Waals surface area (Å²) in [6, 6.07) is 14.0. The van der Waals surface area contributed by atoms with E-state index in [1.807, 2.05) is 12.1 Å². The molecular weight excluding hydrogens is 639 g/mol. The summed E-state index contributed by atoms with van der Waals surface area (Å²) in [6.45, 7) is 1.97. The smallest absolute Gasteiger partial charge is 0.335 e. The summed E-state index contributed by atoms with van der Waals surface area (Å²) in [7, 11) is 4.19. The average molecular weight is 673 g/mol. The lowest BCUT2D eigenvalue weighted by molar-refractivity contribution is -0.135. The molecule has 2 N–H and O–H groups in total. The number of anilines is 2. The van der Waals surface area contributed by atoms with E-state index in [0.29, 0.717) is 23.7 Å². The zero-order valence-corrected chi connectivity index (χ0v) is 27.1. The van der Waals surface area contributed by atoms with Gasteiger partial charge in [0.25, 0.3) is 5.91 Å². The topological polar surface area (TPSA) is 137 Å². The minimum Gasteiger partial charge on any atom is -0.478 e. The first-order chi connectivity index (χ1) is 23.1. The molecule has 1 saturated heterocycles. The molecule has 2 aliphatic heterocycles. The maximum absolute atomic E-state index is 15.3. The highest BCUT2D eigenvalue weighted by Gasteiger charge is 2.37. The SMILES string of the molecule is CN(C)C1CCN(c2cccc3c2CCN(C(=O)/C=C/c2c(-n4cnnn4)ccc(Cl)c2F)[C@@H]3C(=O)Nc2ccc(C(=O)O)cc2)CC1. The van der Waals surface area contributed by atoms with Gasteiger partial charge >= 0.3 is 5.97 Å². The molecule has 248 valence electrons. The van der Waals surface area contributed by atoms with Crippen LogP contribution in [0.15, 0.2) is 67.0 Å². The van der Waals surface area contributed by atoms with Crippen LogP contribution in [-0.4, -0.2) is 92.7 Å². The van der Waals surface area contributed by atoms with Crippen LogP contribution in [0, 0.1) is 5.82 Å². The molecule has 4 aromatic rings. The van der Waals surface area contributed by atoms with Gasteiger partial charge in [-0.2, -0.15) is 4.68 Å². The monoisotopic (exact) mass is 672 g/mol. The number of carboxylic acids is 1. The fourth-order valence-corrected chi connectivity index (χ4v) is 6.60. The second-order valence-corrected chi connectivity index (χ2v) is 12.4. The zero-order valence-electron chi connectivity index (χ0n) is 26.4. The number of carbonyl (C=O) groups is 3. The first-order valence-electron chi connectivity index (χ1n) is 15.5. The number of nitrogens with zero attached hydrogens (tertiary/aromatic N) is 7. The normalized spacial score (nSPS) is 16.7. The Morgan fingerprint density at radius 3 is 2.44 bits per heavy atom. The number of carbonyl (C=O) groups excluding carboxylic acids is 2. The van der Waals surface area contributed by atoms with Crippen LogP contribution in [0.3, 0.4) is 0 Å². The van der Waals surface area contributed by atoms with E-state index in [1.54, 1.807) is 0 Å². The number of halogens is 2. The fourth-order valence-electron chi connectivity index (χ4n) is 6.43. The van der Waals surface area contributed by atoms with E-state index < -0.39 is 29.6 Å². The summed E-state index contributed by atoms with van der Waals surface area (Å²) in [5.74, 6) is -2.81. The number of carboxylic acid groups (broad SMARTS) is 1. The van der Waals surface area contributed by atoms with Crippen molar-refractivity contribution in [2.24, 2.45) is 0 Å². The Balaban J connectivity index is 1.34. The molecule has 0 saturated carbocycles. The summed E-state index contributed by atoms with van der Waals surface area (Å²) in [6.07, 6.45) is 6.35. The molecule has 0 bridgehead atoms. The van der Waals surface area contributed by atoms with Gasteiger partial charge in [0.15, 0.2) is 5.82 Å². The maximum atomic E-state index is 15.3. The Morgan fingerprint density at radius 1 is 1.02 bits per heavy atom. The number of aromatic carboxylic acids is 1. The number of amides is 2. The second-order valence-electron chi connectivity index (χ2n) is 12.0. The van der Waals surface area contributed by atoms with Crippen molar-refractivity contribution in [3.05, 3.63) is 100 Å². The van der Waals surface area contributed by atoms with Gasteiger partial charge in [0.1, 0.15) is 12.4 Å². The van der Waals surface area contributed by atoms with Crippen LogP contribution in [0.2, 0.25) is 5.02 Å². The lowest BCUT2D eigenvalue weighted by Gasteiger charge is -2.41. The fraction of sp³-hybridized carbons (Fsp3) is 0.294. The van der Waals surface area contributed by atoms with Crippen molar-refractivity contribution in [1.82, 2.24) is 30.0 Å². The first-order valence-corrected chi connectivity index (χ1v) is 15.9. The predicted octanol–water partition coefficient (Wildman–Crippen LogP) is 4.46. The quantitative estimate of drug-likeness (QED) is 0.260. The number of nitrogens with one attached hydrogen (secondary N) is 1. The first kappa shape index (κ1) is 32.8. The molecule has 0 aliphatic carbocycles. The molecule has 0 spiro atoms. The molecule has 12 nitrogen and oxygen atoms in total. The van der Waals surface area contributed by atoms with Gasteiger partial charge in [-0.3, -0.25) is 9.59 Å². The van der Waals surface area contributed by atoms with Crippen molar-refractivity contribution in [3.8, 4) is 5.69 Å². The van der Waals surface area contributed by atoms with Gasteiger partial charge in [0.2, 0.25) is 5.91 Å². The Hall–Kier alpha value is -5.14. The van der Waals surface area contributed by atoms with E-state index >= 15 is 4.39 Å². The number of hydrogen-bond acceptors (Lipinski definition) is 8. The lowest BCUT2D eigenvalue weighted by Crippen LogP contribution is -2.46. The van der Waals surface area contributed by atoms with Gasteiger partial charge in [-0.1, -0.05) is 23.7 Å². The van der Waals surface area contributed by atoms with Crippen LogP contribution in [0.5, 0.6) is 0 Å². The molecule has 6 rings (SSSR count). The van der Waals surface area contributed by atoms with E-state index in [4.69, 9.17) is 11.6 Å². The van der Waals surface area contributed by atoms with Gasteiger partial charge in [-0.25, -0.2) is 9.18 Å². The standard InChI is InChI=1S/C34H34ClFN8O4/c1-41(2)23-14-17-42(18-15-23)28-5-3-4-25-24(28)16-19-43(32(25)33(46)38-22-8-6-21(7-9-22)34(47)48)30(45)13-10-26-29(44-20-37-39-40-44)12-11-27(35)31(26)36/h3-13,20,23,32H,14-19H2,1-2H3,(H,38,46)(H,47,48)/b13-10+/t32-/m0/s1. The Labute approximate surface area is 281 Å². The molecule has 2 amide bonds. The molecule has 1 aromatic heterocycles. The third-order valence-corrected chi connectivity index (χ3v) is 9.25. The van der Waals surface area contributed by atoms with Crippen molar-refractivity contribution in [3.63, 3.8) is 0 Å². The van der Waals surface area contributed by atoms with Crippen LogP contribution in [0.1, 0.15) is 45.9 Å². The second kappa shape index (κ2) is 13.9. The van der Waals surface area contributed by atoms with Gasteiger partial charge in [0.05, 0.1) is 16.3 Å². The molecule has 2 aliphatic rings. The molecule has 3 aromatic carbocycles. The number of aromatic nitrogens is 4. The third kappa shape index (κ3) is 6.64. The van der Waals surface area contributed by atoms with Crippen LogP contribution in [0.4, 0.5) is 15.8 Å². The highest BCUT2D eigenvalue weighted by Crippen LogP contribution is 2.38. The van der Waals surface area contributed by atoms with Crippen LogP contribution in [-0.2, 0) is 16.0 Å². The molecule has 3 heterocycles. The van der Waals surface area contributed by atoms with Gasteiger partial charge in [-0.05, 0) is 103 Å². The van der Waals surface area contributed by atoms with Gasteiger partial charge in [0, 0.05) is 48.7 Å². The maximum Gasteiger partial charge on any atom is 0.335 e. The zero-order chi connectivity index (χ0) is 33.9. The highest BCUT2D eigenvalue weighted by atomic mass is 35.5. The molecule has 0 radical (unpaired) electrons. The largest absolute Gasteiger partial charge is 0.478 e. The van der Waals surface area contributed by atoms with Crippen molar-refractivity contribution in [1.29, 1.82) is 0 Å². The van der Waals surface area contributed by atoms with E-state index in [9.17, 15) is 19.5 Å². The molecule has 14 heteroatoms. The van der Waals surface area contributed by atoms with E-state index in [-0.39, 0.29) is 28.4 Å². The summed E-state index contributed by atoms with van der Waals surface area (Å²) in [5, 5.41) is 23.1. The summed E-state index contributed by atoms with van der Waals surface area (Å²) in [4.78, 5) is 45.4. The molecule has 1 atom stereocenters. The van der Waals surface area contributed by atoms with Crippen LogP contribution < -0.4 is 10.2 Å². The molecular formula is C34H34ClFN8O4. The number of rotatable bonds is 8. The third-order valence-electron chi connectivity index (χ3n) is 8.96. The van der Waals surface area contributed by atoms with Crippen molar-refractivity contribution < 1.29 is 23.9 Å². The molecule has 0 unspecified atom stereocenters. The Bertz CT molecular complexity index is 1860. The van der Waals surface area contributed by atoms with Gasteiger partial charge in [-0.15, -0.1) is 5.10 Å².